The van der Waals surface area contributed by atoms with Gasteiger partial charge in [-0.15, -0.1) is 0 Å². The van der Waals surface area contributed by atoms with Crippen LogP contribution in [0.15, 0.2) is 42.5 Å². The average Bonchev–Trinajstić information content (AvgIpc) is 3.28. The van der Waals surface area contributed by atoms with Crippen LogP contribution in [0.2, 0.25) is 0 Å². The number of fused-ring (bicyclic) bond motifs is 1. The van der Waals surface area contributed by atoms with Gasteiger partial charge in [0.15, 0.2) is 0 Å². The fraction of sp³-hybridized carbons (Fsp3) is 0.353. The lowest BCUT2D eigenvalue weighted by Crippen LogP contribution is -2.36. The lowest BCUT2D eigenvalue weighted by molar-refractivity contribution is -0.120. The second-order valence-corrected chi connectivity index (χ2v) is 5.55. The van der Waals surface area contributed by atoms with E-state index in [0.717, 1.165) is 12.8 Å². The summed E-state index contributed by atoms with van der Waals surface area (Å²) < 4.78 is 0. The molecule has 1 aliphatic rings. The molecule has 1 atom stereocenters. The average molecular weight is 268 g/mol. The molecule has 1 unspecified atom stereocenters. The molecule has 2 aromatic rings. The van der Waals surface area contributed by atoms with Crippen LogP contribution < -0.4 is 10.6 Å². The van der Waals surface area contributed by atoms with Crippen LogP contribution in [0.1, 0.15) is 31.4 Å². The molecule has 0 radical (unpaired) electrons. The summed E-state index contributed by atoms with van der Waals surface area (Å²) in [5, 5.41) is 8.76. The van der Waals surface area contributed by atoms with Gasteiger partial charge in [-0.3, -0.25) is 4.79 Å². The van der Waals surface area contributed by atoms with E-state index >= 15 is 0 Å². The Bertz CT molecular complexity index is 619. The Morgan fingerprint density at radius 2 is 1.95 bits per heavy atom. The largest absolute Gasteiger partial charge is 0.352 e. The van der Waals surface area contributed by atoms with Gasteiger partial charge in [-0.1, -0.05) is 36.4 Å². The zero-order chi connectivity index (χ0) is 13.9. The van der Waals surface area contributed by atoms with Gasteiger partial charge in [0.2, 0.25) is 5.91 Å². The molecule has 3 heteroatoms. The molecule has 20 heavy (non-hydrogen) atoms. The van der Waals surface area contributed by atoms with E-state index in [1.807, 2.05) is 12.1 Å². The summed E-state index contributed by atoms with van der Waals surface area (Å²) in [6.07, 6.45) is 2.26. The van der Waals surface area contributed by atoms with Crippen molar-refractivity contribution in [3.63, 3.8) is 0 Å². The number of benzene rings is 2. The van der Waals surface area contributed by atoms with Gasteiger partial charge in [0.1, 0.15) is 0 Å². The molecular weight excluding hydrogens is 248 g/mol. The molecule has 0 aliphatic heterocycles. The van der Waals surface area contributed by atoms with E-state index in [1.165, 1.54) is 16.3 Å². The van der Waals surface area contributed by atoms with Crippen LogP contribution in [0.25, 0.3) is 10.8 Å². The maximum absolute atomic E-state index is 11.7. The van der Waals surface area contributed by atoms with Gasteiger partial charge in [-0.25, -0.2) is 0 Å². The number of carbonyl (C=O) groups excluding carboxylic acids is 1. The first-order valence-electron chi connectivity index (χ1n) is 7.24. The van der Waals surface area contributed by atoms with Gasteiger partial charge in [0.25, 0.3) is 0 Å². The summed E-state index contributed by atoms with van der Waals surface area (Å²) in [6, 6.07) is 15.4. The summed E-state index contributed by atoms with van der Waals surface area (Å²) in [4.78, 5) is 11.7. The summed E-state index contributed by atoms with van der Waals surface area (Å²) in [6.45, 7) is 2.47. The van der Waals surface area contributed by atoms with Gasteiger partial charge in [-0.2, -0.15) is 0 Å². The third-order valence-electron chi connectivity index (χ3n) is 3.78. The summed E-state index contributed by atoms with van der Waals surface area (Å²) in [5.74, 6) is 0.0974. The zero-order valence-electron chi connectivity index (χ0n) is 11.7. The van der Waals surface area contributed by atoms with E-state index in [2.05, 4.69) is 47.9 Å². The fourth-order valence-electron chi connectivity index (χ4n) is 2.35. The number of hydrogen-bond donors (Lipinski definition) is 2. The van der Waals surface area contributed by atoms with Gasteiger partial charge in [0.05, 0.1) is 6.54 Å². The van der Waals surface area contributed by atoms with Gasteiger partial charge in [0, 0.05) is 12.1 Å². The van der Waals surface area contributed by atoms with Crippen molar-refractivity contribution in [2.75, 3.05) is 6.54 Å². The Morgan fingerprint density at radius 1 is 1.20 bits per heavy atom. The van der Waals surface area contributed by atoms with Crippen LogP contribution in [-0.4, -0.2) is 18.5 Å². The van der Waals surface area contributed by atoms with Crippen LogP contribution in [0.4, 0.5) is 0 Å². The molecule has 1 saturated carbocycles. The molecule has 3 rings (SSSR count). The second kappa shape index (κ2) is 5.63. The van der Waals surface area contributed by atoms with Crippen LogP contribution in [0, 0.1) is 0 Å². The van der Waals surface area contributed by atoms with Gasteiger partial charge < -0.3 is 10.6 Å². The highest BCUT2D eigenvalue weighted by Gasteiger charge is 2.23. The number of nitrogens with one attached hydrogen (secondary N) is 2. The van der Waals surface area contributed by atoms with Gasteiger partial charge >= 0.3 is 0 Å². The van der Waals surface area contributed by atoms with Crippen molar-refractivity contribution in [3.05, 3.63) is 48.0 Å². The van der Waals surface area contributed by atoms with Crippen molar-refractivity contribution < 1.29 is 4.79 Å². The van der Waals surface area contributed by atoms with E-state index in [9.17, 15) is 4.79 Å². The molecule has 0 spiro atoms. The van der Waals surface area contributed by atoms with Crippen molar-refractivity contribution in [1.82, 2.24) is 10.6 Å². The van der Waals surface area contributed by atoms with Crippen LogP contribution in [-0.2, 0) is 4.79 Å². The molecule has 0 aromatic heterocycles. The van der Waals surface area contributed by atoms with Crippen molar-refractivity contribution >= 4 is 16.7 Å². The Morgan fingerprint density at radius 3 is 2.70 bits per heavy atom. The molecule has 3 nitrogen and oxygen atoms in total. The summed E-state index contributed by atoms with van der Waals surface area (Å²) >= 11 is 0. The number of hydrogen-bond acceptors (Lipinski definition) is 2. The lowest BCUT2D eigenvalue weighted by atomic mass is 10.0. The van der Waals surface area contributed by atoms with E-state index in [0.29, 0.717) is 12.6 Å². The summed E-state index contributed by atoms with van der Waals surface area (Å²) in [7, 11) is 0. The number of carbonyl (C=O) groups is 1. The lowest BCUT2D eigenvalue weighted by Gasteiger charge is -2.15. The SMILES string of the molecule is CC(NCC(=O)NC1CC1)c1ccc2ccccc2c1. The van der Waals surface area contributed by atoms with E-state index < -0.39 is 0 Å². The molecule has 0 saturated heterocycles. The monoisotopic (exact) mass is 268 g/mol. The Hall–Kier alpha value is -1.87. The Labute approximate surface area is 119 Å². The van der Waals surface area contributed by atoms with Crippen LogP contribution >= 0.6 is 0 Å². The highest BCUT2D eigenvalue weighted by molar-refractivity contribution is 5.83. The van der Waals surface area contributed by atoms with Crippen molar-refractivity contribution in [2.45, 2.75) is 31.8 Å². The molecule has 0 heterocycles. The topological polar surface area (TPSA) is 41.1 Å². The molecule has 1 fully saturated rings. The standard InChI is InChI=1S/C17H20N2O/c1-12(18-11-17(20)19-16-8-9-16)14-7-6-13-4-2-3-5-15(13)10-14/h2-7,10,12,16,18H,8-9,11H2,1H3,(H,19,20). The van der Waals surface area contributed by atoms with Crippen molar-refractivity contribution in [1.29, 1.82) is 0 Å². The molecule has 1 aliphatic carbocycles. The minimum absolute atomic E-state index is 0.0974. The first-order valence-corrected chi connectivity index (χ1v) is 7.24. The molecule has 1 amide bonds. The predicted molar refractivity (Wildman–Crippen MR) is 81.5 cm³/mol. The molecular formula is C17H20N2O. The fourth-order valence-corrected chi connectivity index (χ4v) is 2.35. The Kier molecular flexibility index (Phi) is 3.70. The molecule has 104 valence electrons. The Balaban J connectivity index is 1.62. The quantitative estimate of drug-likeness (QED) is 0.875. The smallest absolute Gasteiger partial charge is 0.234 e. The maximum atomic E-state index is 11.7. The predicted octanol–water partition coefficient (Wildman–Crippen LogP) is 2.77. The summed E-state index contributed by atoms with van der Waals surface area (Å²) in [5.41, 5.74) is 1.21. The van der Waals surface area contributed by atoms with Gasteiger partial charge in [-0.05, 0) is 42.2 Å². The zero-order valence-corrected chi connectivity index (χ0v) is 11.7. The van der Waals surface area contributed by atoms with E-state index in [-0.39, 0.29) is 11.9 Å². The van der Waals surface area contributed by atoms with Crippen LogP contribution in [0.3, 0.4) is 0 Å². The number of rotatable bonds is 5. The first kappa shape index (κ1) is 13.1. The third-order valence-corrected chi connectivity index (χ3v) is 3.78. The minimum atomic E-state index is 0.0974. The molecule has 0 bridgehead atoms. The first-order chi connectivity index (χ1) is 9.72. The minimum Gasteiger partial charge on any atom is -0.352 e. The highest BCUT2D eigenvalue weighted by Crippen LogP contribution is 2.20. The normalized spacial score (nSPS) is 16.1. The third kappa shape index (κ3) is 3.17. The van der Waals surface area contributed by atoms with Crippen molar-refractivity contribution in [3.8, 4) is 0 Å². The van der Waals surface area contributed by atoms with E-state index in [4.69, 9.17) is 0 Å². The second-order valence-electron chi connectivity index (χ2n) is 5.55. The van der Waals surface area contributed by atoms with Crippen molar-refractivity contribution in [2.24, 2.45) is 0 Å². The molecule has 2 N–H and O–H groups in total. The van der Waals surface area contributed by atoms with E-state index in [1.54, 1.807) is 0 Å². The number of amides is 1. The highest BCUT2D eigenvalue weighted by atomic mass is 16.2. The molecule has 2 aromatic carbocycles. The van der Waals surface area contributed by atoms with Crippen LogP contribution in [0.5, 0.6) is 0 Å². The maximum Gasteiger partial charge on any atom is 0.234 e.